The summed E-state index contributed by atoms with van der Waals surface area (Å²) >= 11 is 13.5. The number of thiophene rings is 1. The van der Waals surface area contributed by atoms with Gasteiger partial charge in [-0.25, -0.2) is 0 Å². The minimum Gasteiger partial charge on any atom is -0.321 e. The van der Waals surface area contributed by atoms with Crippen LogP contribution in [0.25, 0.3) is 28.1 Å². The molecule has 2 heterocycles. The standard InChI is InChI=1S/C22H13Cl2NO2S/c23-14-6-9-17-16(12-14)20(13-4-2-1-3-5-13)21(22(27)25-17)18(26)10-7-15-8-11-19(24)28-15/h1-12H,(H,25,27). The Bertz CT molecular complexity index is 1270. The Balaban J connectivity index is 1.94. The lowest BCUT2D eigenvalue weighted by Crippen LogP contribution is -2.18. The Hall–Kier alpha value is -2.66. The van der Waals surface area contributed by atoms with Crippen molar-refractivity contribution in [2.75, 3.05) is 0 Å². The van der Waals surface area contributed by atoms with E-state index in [1.807, 2.05) is 36.4 Å². The molecule has 3 nitrogen and oxygen atoms in total. The molecule has 0 unspecified atom stereocenters. The van der Waals surface area contributed by atoms with Gasteiger partial charge in [0.2, 0.25) is 0 Å². The van der Waals surface area contributed by atoms with Gasteiger partial charge >= 0.3 is 0 Å². The number of aromatic nitrogens is 1. The zero-order valence-corrected chi connectivity index (χ0v) is 16.7. The van der Waals surface area contributed by atoms with Gasteiger partial charge in [0.05, 0.1) is 9.90 Å². The van der Waals surface area contributed by atoms with E-state index >= 15 is 0 Å². The molecule has 1 N–H and O–H groups in total. The van der Waals surface area contributed by atoms with Gasteiger partial charge in [-0.3, -0.25) is 9.59 Å². The van der Waals surface area contributed by atoms with E-state index in [1.54, 1.807) is 30.3 Å². The van der Waals surface area contributed by atoms with Crippen molar-refractivity contribution in [3.8, 4) is 11.1 Å². The van der Waals surface area contributed by atoms with Crippen LogP contribution in [-0.2, 0) is 0 Å². The van der Waals surface area contributed by atoms with Gasteiger partial charge in [0.15, 0.2) is 5.78 Å². The molecule has 0 radical (unpaired) electrons. The van der Waals surface area contributed by atoms with Crippen LogP contribution in [0.5, 0.6) is 0 Å². The molecule has 0 aliphatic rings. The van der Waals surface area contributed by atoms with E-state index in [-0.39, 0.29) is 11.3 Å². The lowest BCUT2D eigenvalue weighted by molar-refractivity contribution is 0.104. The average molecular weight is 426 g/mol. The van der Waals surface area contributed by atoms with Crippen LogP contribution in [0.2, 0.25) is 9.36 Å². The zero-order valence-electron chi connectivity index (χ0n) is 14.4. The smallest absolute Gasteiger partial charge is 0.260 e. The van der Waals surface area contributed by atoms with Crippen LogP contribution in [0.1, 0.15) is 15.2 Å². The fourth-order valence-electron chi connectivity index (χ4n) is 3.06. The highest BCUT2D eigenvalue weighted by Gasteiger charge is 2.19. The molecule has 2 aromatic carbocycles. The maximum absolute atomic E-state index is 13.0. The number of hydrogen-bond acceptors (Lipinski definition) is 3. The second-order valence-corrected chi connectivity index (χ2v) is 8.28. The third-order valence-electron chi connectivity index (χ3n) is 4.28. The van der Waals surface area contributed by atoms with E-state index in [4.69, 9.17) is 23.2 Å². The molecule has 0 saturated carbocycles. The Labute approximate surface area is 174 Å². The molecule has 0 aliphatic carbocycles. The van der Waals surface area contributed by atoms with Crippen LogP contribution in [0.15, 0.2) is 71.5 Å². The summed E-state index contributed by atoms with van der Waals surface area (Å²) in [7, 11) is 0. The minimum atomic E-state index is -0.437. The molecule has 0 saturated heterocycles. The van der Waals surface area contributed by atoms with Crippen molar-refractivity contribution in [2.45, 2.75) is 0 Å². The van der Waals surface area contributed by atoms with Gasteiger partial charge in [-0.05, 0) is 48.0 Å². The molecule has 28 heavy (non-hydrogen) atoms. The van der Waals surface area contributed by atoms with E-state index in [2.05, 4.69) is 4.98 Å². The number of benzene rings is 2. The topological polar surface area (TPSA) is 49.9 Å². The number of nitrogens with one attached hydrogen (secondary N) is 1. The van der Waals surface area contributed by atoms with Gasteiger partial charge in [-0.1, -0.05) is 53.5 Å². The number of hydrogen-bond donors (Lipinski definition) is 1. The Morgan fingerprint density at radius 3 is 2.50 bits per heavy atom. The molecular weight excluding hydrogens is 413 g/mol. The lowest BCUT2D eigenvalue weighted by Gasteiger charge is -2.11. The van der Waals surface area contributed by atoms with Gasteiger partial charge in [-0.2, -0.15) is 0 Å². The van der Waals surface area contributed by atoms with Gasteiger partial charge < -0.3 is 4.98 Å². The summed E-state index contributed by atoms with van der Waals surface area (Å²) in [6.45, 7) is 0. The predicted molar refractivity (Wildman–Crippen MR) is 118 cm³/mol. The predicted octanol–water partition coefficient (Wildman–Crippen LogP) is 6.46. The van der Waals surface area contributed by atoms with Crippen LogP contribution in [0.3, 0.4) is 0 Å². The molecule has 0 bridgehead atoms. The summed E-state index contributed by atoms with van der Waals surface area (Å²) in [5.41, 5.74) is 1.61. The molecule has 0 atom stereocenters. The van der Waals surface area contributed by atoms with Crippen molar-refractivity contribution >= 4 is 57.3 Å². The number of allylic oxidation sites excluding steroid dienone is 1. The number of ketones is 1. The molecule has 0 aliphatic heterocycles. The van der Waals surface area contributed by atoms with Crippen LogP contribution in [0.4, 0.5) is 0 Å². The van der Waals surface area contributed by atoms with Gasteiger partial charge in [0.25, 0.3) is 5.56 Å². The average Bonchev–Trinajstić information content (AvgIpc) is 3.11. The van der Waals surface area contributed by atoms with Gasteiger partial charge in [0, 0.05) is 26.4 Å². The molecule has 2 aromatic heterocycles. The number of aromatic amines is 1. The van der Waals surface area contributed by atoms with E-state index in [0.29, 0.717) is 25.8 Å². The summed E-state index contributed by atoms with van der Waals surface area (Å²) in [6, 6.07) is 18.1. The second-order valence-electron chi connectivity index (χ2n) is 6.10. The normalized spacial score (nSPS) is 11.4. The van der Waals surface area contributed by atoms with Gasteiger partial charge in [0.1, 0.15) is 0 Å². The summed E-state index contributed by atoms with van der Waals surface area (Å²) in [4.78, 5) is 29.4. The third kappa shape index (κ3) is 3.67. The minimum absolute atomic E-state index is 0.0832. The van der Waals surface area contributed by atoms with E-state index in [1.165, 1.54) is 17.4 Å². The fraction of sp³-hybridized carbons (Fsp3) is 0. The van der Waals surface area contributed by atoms with E-state index in [9.17, 15) is 9.59 Å². The first-order valence-electron chi connectivity index (χ1n) is 8.41. The number of H-pyrrole nitrogens is 1. The SMILES string of the molecule is O=C(C=Cc1ccc(Cl)s1)c1c(-c2ccccc2)c2cc(Cl)ccc2[nH]c1=O. The highest BCUT2D eigenvalue weighted by molar-refractivity contribution is 7.17. The van der Waals surface area contributed by atoms with Crippen molar-refractivity contribution in [1.82, 2.24) is 4.98 Å². The van der Waals surface area contributed by atoms with Crippen LogP contribution < -0.4 is 5.56 Å². The zero-order chi connectivity index (χ0) is 19.7. The van der Waals surface area contributed by atoms with E-state index in [0.717, 1.165) is 10.4 Å². The highest BCUT2D eigenvalue weighted by atomic mass is 35.5. The number of carbonyl (C=O) groups is 1. The quantitative estimate of drug-likeness (QED) is 0.301. The molecule has 138 valence electrons. The molecule has 0 amide bonds. The molecule has 6 heteroatoms. The first kappa shape index (κ1) is 18.7. The highest BCUT2D eigenvalue weighted by Crippen LogP contribution is 2.32. The molecular formula is C22H13Cl2NO2S. The van der Waals surface area contributed by atoms with Gasteiger partial charge in [-0.15, -0.1) is 11.3 Å². The van der Waals surface area contributed by atoms with Crippen molar-refractivity contribution in [3.63, 3.8) is 0 Å². The number of halogens is 2. The van der Waals surface area contributed by atoms with Crippen molar-refractivity contribution < 1.29 is 4.79 Å². The maximum atomic E-state index is 13.0. The molecule has 4 rings (SSSR count). The number of carbonyl (C=O) groups excluding carboxylic acids is 1. The third-order valence-corrected chi connectivity index (χ3v) is 5.71. The Morgan fingerprint density at radius 2 is 1.79 bits per heavy atom. The van der Waals surface area contributed by atoms with Crippen molar-refractivity contribution in [3.05, 3.63) is 96.9 Å². The number of pyridine rings is 1. The number of rotatable bonds is 4. The largest absolute Gasteiger partial charge is 0.321 e. The van der Waals surface area contributed by atoms with E-state index < -0.39 is 5.56 Å². The summed E-state index contributed by atoms with van der Waals surface area (Å²) < 4.78 is 0.635. The van der Waals surface area contributed by atoms with Crippen molar-refractivity contribution in [1.29, 1.82) is 0 Å². The number of fused-ring (bicyclic) bond motifs is 1. The first-order chi connectivity index (χ1) is 13.5. The lowest BCUT2D eigenvalue weighted by atomic mass is 9.94. The fourth-order valence-corrected chi connectivity index (χ4v) is 4.20. The Morgan fingerprint density at radius 1 is 1.00 bits per heavy atom. The molecule has 0 spiro atoms. The first-order valence-corrected chi connectivity index (χ1v) is 9.99. The summed E-state index contributed by atoms with van der Waals surface area (Å²) in [6.07, 6.45) is 3.06. The van der Waals surface area contributed by atoms with Crippen LogP contribution in [-0.4, -0.2) is 10.8 Å². The second kappa shape index (κ2) is 7.76. The van der Waals surface area contributed by atoms with Crippen molar-refractivity contribution in [2.24, 2.45) is 0 Å². The molecule has 0 fully saturated rings. The maximum Gasteiger partial charge on any atom is 0.260 e. The van der Waals surface area contributed by atoms with Crippen LogP contribution in [0, 0.1) is 0 Å². The van der Waals surface area contributed by atoms with Crippen LogP contribution >= 0.6 is 34.5 Å². The summed E-state index contributed by atoms with van der Waals surface area (Å²) in [5.74, 6) is -0.383. The monoisotopic (exact) mass is 425 g/mol. The Kier molecular flexibility index (Phi) is 5.18. The summed E-state index contributed by atoms with van der Waals surface area (Å²) in [5, 5.41) is 1.24. The molecule has 4 aromatic rings.